The van der Waals surface area contributed by atoms with Gasteiger partial charge in [0.2, 0.25) is 0 Å². The van der Waals surface area contributed by atoms with Crippen molar-refractivity contribution in [3.63, 3.8) is 0 Å². The van der Waals surface area contributed by atoms with Gasteiger partial charge in [0.05, 0.1) is 0 Å². The molecule has 0 atom stereocenters. The SMILES string of the molecule is C#Cc1ccccc1.Cc1ccnc(C#Cc2ccccc2)c1. The van der Waals surface area contributed by atoms with Crippen LogP contribution in [0.1, 0.15) is 22.4 Å². The molecule has 0 N–H and O–H groups in total. The standard InChI is InChI=1S/C14H11N.C8H6/c1-12-9-10-15-14(11-12)8-7-13-5-3-2-4-6-13;1-2-8-6-4-3-5-7-8/h2-6,9-11H,1H3;1,3-7H. The van der Waals surface area contributed by atoms with Crippen LogP contribution in [-0.2, 0) is 0 Å². The summed E-state index contributed by atoms with van der Waals surface area (Å²) in [6.45, 7) is 2.04. The second-order valence-corrected chi connectivity index (χ2v) is 4.84. The van der Waals surface area contributed by atoms with E-state index >= 15 is 0 Å². The van der Waals surface area contributed by atoms with Crippen LogP contribution < -0.4 is 0 Å². The molecule has 1 nitrogen and oxygen atoms in total. The number of pyridine rings is 1. The Morgan fingerprint density at radius 2 is 1.39 bits per heavy atom. The first-order valence-electron chi connectivity index (χ1n) is 7.29. The molecule has 0 bridgehead atoms. The molecule has 0 saturated carbocycles. The van der Waals surface area contributed by atoms with E-state index in [1.807, 2.05) is 79.7 Å². The fourth-order valence-corrected chi connectivity index (χ4v) is 1.80. The Hall–Kier alpha value is -3.29. The molecule has 0 unspecified atom stereocenters. The molecule has 3 aromatic rings. The number of aryl methyl sites for hydroxylation is 1. The van der Waals surface area contributed by atoms with Crippen LogP contribution in [0.15, 0.2) is 79.0 Å². The van der Waals surface area contributed by atoms with E-state index < -0.39 is 0 Å². The summed E-state index contributed by atoms with van der Waals surface area (Å²) in [5.41, 5.74) is 3.95. The van der Waals surface area contributed by atoms with Crippen LogP contribution >= 0.6 is 0 Å². The summed E-state index contributed by atoms with van der Waals surface area (Å²) in [7, 11) is 0. The van der Waals surface area contributed by atoms with Crippen molar-refractivity contribution in [2.45, 2.75) is 6.92 Å². The fraction of sp³-hybridized carbons (Fsp3) is 0.0455. The molecule has 1 aromatic heterocycles. The lowest BCUT2D eigenvalue weighted by Crippen LogP contribution is -1.82. The zero-order chi connectivity index (χ0) is 16.3. The lowest BCUT2D eigenvalue weighted by atomic mass is 10.2. The highest BCUT2D eigenvalue weighted by Crippen LogP contribution is 1.99. The molecular formula is C22H17N. The van der Waals surface area contributed by atoms with Crippen molar-refractivity contribution in [3.05, 3.63) is 101 Å². The van der Waals surface area contributed by atoms with Crippen molar-refractivity contribution in [1.82, 2.24) is 4.98 Å². The minimum atomic E-state index is 0.818. The molecule has 0 radical (unpaired) electrons. The maximum atomic E-state index is 5.10. The summed E-state index contributed by atoms with van der Waals surface area (Å²) in [4.78, 5) is 4.18. The molecule has 0 fully saturated rings. The topological polar surface area (TPSA) is 12.9 Å². The van der Waals surface area contributed by atoms with Crippen LogP contribution in [0.3, 0.4) is 0 Å². The second kappa shape index (κ2) is 8.88. The lowest BCUT2D eigenvalue weighted by molar-refractivity contribution is 1.25. The average Bonchev–Trinajstić information content (AvgIpc) is 2.62. The Labute approximate surface area is 138 Å². The van der Waals surface area contributed by atoms with E-state index in [0.29, 0.717) is 0 Å². The van der Waals surface area contributed by atoms with Crippen LogP contribution in [0.25, 0.3) is 0 Å². The molecule has 1 heteroatoms. The molecule has 0 amide bonds. The first-order valence-corrected chi connectivity index (χ1v) is 7.29. The molecular weight excluding hydrogens is 278 g/mol. The zero-order valence-corrected chi connectivity index (χ0v) is 13.0. The predicted octanol–water partition coefficient (Wildman–Crippen LogP) is 4.46. The largest absolute Gasteiger partial charge is 0.248 e. The van der Waals surface area contributed by atoms with Crippen molar-refractivity contribution in [3.8, 4) is 24.2 Å². The van der Waals surface area contributed by atoms with Crippen molar-refractivity contribution in [2.24, 2.45) is 0 Å². The van der Waals surface area contributed by atoms with Crippen molar-refractivity contribution in [1.29, 1.82) is 0 Å². The van der Waals surface area contributed by atoms with E-state index in [1.165, 1.54) is 5.56 Å². The molecule has 23 heavy (non-hydrogen) atoms. The van der Waals surface area contributed by atoms with Gasteiger partial charge in [-0.2, -0.15) is 0 Å². The van der Waals surface area contributed by atoms with Crippen LogP contribution in [0.5, 0.6) is 0 Å². The summed E-state index contributed by atoms with van der Waals surface area (Å²) in [5, 5.41) is 0. The summed E-state index contributed by atoms with van der Waals surface area (Å²) < 4.78 is 0. The molecule has 0 saturated heterocycles. The smallest absolute Gasteiger partial charge is 0.113 e. The summed E-state index contributed by atoms with van der Waals surface area (Å²) in [5.74, 6) is 8.64. The van der Waals surface area contributed by atoms with Crippen molar-refractivity contribution < 1.29 is 0 Å². The monoisotopic (exact) mass is 295 g/mol. The van der Waals surface area contributed by atoms with Gasteiger partial charge >= 0.3 is 0 Å². The highest BCUT2D eigenvalue weighted by molar-refractivity contribution is 5.40. The van der Waals surface area contributed by atoms with Gasteiger partial charge in [-0.25, -0.2) is 4.98 Å². The third-order valence-electron chi connectivity index (χ3n) is 2.96. The van der Waals surface area contributed by atoms with Crippen LogP contribution in [-0.4, -0.2) is 4.98 Å². The van der Waals surface area contributed by atoms with Crippen molar-refractivity contribution in [2.75, 3.05) is 0 Å². The number of rotatable bonds is 0. The molecule has 110 valence electrons. The molecule has 0 aliphatic rings. The number of hydrogen-bond acceptors (Lipinski definition) is 1. The van der Waals surface area contributed by atoms with Gasteiger partial charge in [-0.3, -0.25) is 0 Å². The highest BCUT2D eigenvalue weighted by Gasteiger charge is 1.88. The van der Waals surface area contributed by atoms with Crippen molar-refractivity contribution >= 4 is 0 Å². The first kappa shape index (κ1) is 16.1. The van der Waals surface area contributed by atoms with E-state index in [-0.39, 0.29) is 0 Å². The Balaban J connectivity index is 0.000000203. The fourth-order valence-electron chi connectivity index (χ4n) is 1.80. The maximum Gasteiger partial charge on any atom is 0.113 e. The Bertz CT molecular complexity index is 832. The summed E-state index contributed by atoms with van der Waals surface area (Å²) in [6.07, 6.45) is 6.88. The second-order valence-electron chi connectivity index (χ2n) is 4.84. The molecule has 0 spiro atoms. The van der Waals surface area contributed by atoms with E-state index in [4.69, 9.17) is 6.42 Å². The van der Waals surface area contributed by atoms with Crippen LogP contribution in [0.4, 0.5) is 0 Å². The number of benzene rings is 2. The highest BCUT2D eigenvalue weighted by atomic mass is 14.6. The molecule has 3 rings (SSSR count). The maximum absolute atomic E-state index is 5.10. The van der Waals surface area contributed by atoms with E-state index in [0.717, 1.165) is 16.8 Å². The number of hydrogen-bond donors (Lipinski definition) is 0. The van der Waals surface area contributed by atoms with Gasteiger partial charge in [-0.15, -0.1) is 6.42 Å². The molecule has 0 aliphatic carbocycles. The van der Waals surface area contributed by atoms with Gasteiger partial charge in [0.15, 0.2) is 0 Å². The molecule has 1 heterocycles. The quantitative estimate of drug-likeness (QED) is 0.558. The number of aromatic nitrogens is 1. The van der Waals surface area contributed by atoms with Gasteiger partial charge in [0, 0.05) is 17.3 Å². The molecule has 2 aromatic carbocycles. The predicted molar refractivity (Wildman–Crippen MR) is 95.8 cm³/mol. The minimum absolute atomic E-state index is 0.818. The first-order chi connectivity index (χ1) is 11.3. The van der Waals surface area contributed by atoms with E-state index in [9.17, 15) is 0 Å². The van der Waals surface area contributed by atoms with Gasteiger partial charge < -0.3 is 0 Å². The Morgan fingerprint density at radius 3 is 1.91 bits per heavy atom. The van der Waals surface area contributed by atoms with Gasteiger partial charge in [0.25, 0.3) is 0 Å². The van der Waals surface area contributed by atoms with Gasteiger partial charge in [0.1, 0.15) is 5.69 Å². The number of nitrogens with zero attached hydrogens (tertiary/aromatic N) is 1. The van der Waals surface area contributed by atoms with Gasteiger partial charge in [-0.1, -0.05) is 48.2 Å². The zero-order valence-electron chi connectivity index (χ0n) is 13.0. The van der Waals surface area contributed by atoms with E-state index in [2.05, 4.69) is 22.7 Å². The summed E-state index contributed by atoms with van der Waals surface area (Å²) >= 11 is 0. The Morgan fingerprint density at radius 1 is 0.783 bits per heavy atom. The normalized spacial score (nSPS) is 8.70. The lowest BCUT2D eigenvalue weighted by Gasteiger charge is -1.91. The third-order valence-corrected chi connectivity index (χ3v) is 2.96. The van der Waals surface area contributed by atoms with Gasteiger partial charge in [-0.05, 0) is 54.8 Å². The number of terminal acetylenes is 1. The summed E-state index contributed by atoms with van der Waals surface area (Å²) in [6, 6.07) is 23.5. The minimum Gasteiger partial charge on any atom is -0.248 e. The third kappa shape index (κ3) is 5.92. The Kier molecular flexibility index (Phi) is 6.21. The average molecular weight is 295 g/mol. The van der Waals surface area contributed by atoms with E-state index in [1.54, 1.807) is 6.20 Å². The van der Waals surface area contributed by atoms with Crippen LogP contribution in [0, 0.1) is 31.1 Å². The van der Waals surface area contributed by atoms with Crippen LogP contribution in [0.2, 0.25) is 0 Å². The molecule has 0 aliphatic heterocycles.